The van der Waals surface area contributed by atoms with Gasteiger partial charge in [0.05, 0.1) is 5.52 Å². The Hall–Kier alpha value is -2.40. The Bertz CT molecular complexity index is 759. The van der Waals surface area contributed by atoms with Crippen LogP contribution in [-0.2, 0) is 0 Å². The molecule has 2 heterocycles. The van der Waals surface area contributed by atoms with Gasteiger partial charge in [-0.1, -0.05) is 18.2 Å². The number of hydrogen-bond donors (Lipinski definition) is 2. The Balaban J connectivity index is 1.91. The van der Waals surface area contributed by atoms with E-state index >= 15 is 0 Å². The molecule has 1 aliphatic rings. The topological polar surface area (TPSA) is 79.5 Å². The summed E-state index contributed by atoms with van der Waals surface area (Å²) in [6, 6.07) is 9.33. The Kier molecular flexibility index (Phi) is 4.05. The minimum absolute atomic E-state index is 0.0686. The molecule has 2 aromatic rings. The van der Waals surface area contributed by atoms with E-state index in [2.05, 4.69) is 22.5 Å². The zero-order valence-electron chi connectivity index (χ0n) is 13.0. The number of carboxylic acid groups (broad SMARTS) is 1. The lowest BCUT2D eigenvalue weighted by Gasteiger charge is -2.27. The molecule has 1 atom stereocenters. The van der Waals surface area contributed by atoms with Crippen molar-refractivity contribution in [3.05, 3.63) is 48.7 Å². The number of anilines is 1. The van der Waals surface area contributed by atoms with Crippen LogP contribution >= 0.6 is 0 Å². The lowest BCUT2D eigenvalue weighted by Crippen LogP contribution is -2.33. The fraction of sp³-hybridized carbons (Fsp3) is 0.333. The number of rotatable bonds is 5. The van der Waals surface area contributed by atoms with Crippen molar-refractivity contribution in [2.75, 3.05) is 24.5 Å². The molecule has 3 N–H and O–H groups in total. The lowest BCUT2D eigenvalue weighted by atomic mass is 9.84. The van der Waals surface area contributed by atoms with E-state index in [0.29, 0.717) is 12.1 Å². The molecule has 5 heteroatoms. The molecule has 1 aliphatic heterocycles. The summed E-state index contributed by atoms with van der Waals surface area (Å²) in [5, 5.41) is 10.0. The molecule has 1 fully saturated rings. The van der Waals surface area contributed by atoms with Crippen molar-refractivity contribution in [1.29, 1.82) is 0 Å². The third-order valence-electron chi connectivity index (χ3n) is 4.71. The standard InChI is InChI=1S/C18H21N3O2/c1-2-7-18(11-19)8-9-21(12-18)14-5-3-13-4-6-15(17(22)23)20-16(13)10-14/h2-6,10H,1,7-9,11-12,19H2,(H,22,23). The summed E-state index contributed by atoms with van der Waals surface area (Å²) >= 11 is 0. The maximum Gasteiger partial charge on any atom is 0.354 e. The van der Waals surface area contributed by atoms with Gasteiger partial charge in [-0.3, -0.25) is 0 Å². The van der Waals surface area contributed by atoms with Gasteiger partial charge in [0.2, 0.25) is 0 Å². The van der Waals surface area contributed by atoms with Crippen LogP contribution in [0.2, 0.25) is 0 Å². The Morgan fingerprint density at radius 3 is 2.91 bits per heavy atom. The molecule has 0 bridgehead atoms. The first-order chi connectivity index (χ1) is 11.1. The van der Waals surface area contributed by atoms with E-state index in [1.165, 1.54) is 6.07 Å². The number of aromatic nitrogens is 1. The van der Waals surface area contributed by atoms with Gasteiger partial charge >= 0.3 is 5.97 Å². The van der Waals surface area contributed by atoms with Gasteiger partial charge in [0, 0.05) is 36.1 Å². The van der Waals surface area contributed by atoms with Gasteiger partial charge in [-0.25, -0.2) is 9.78 Å². The van der Waals surface area contributed by atoms with Crippen LogP contribution in [0.25, 0.3) is 10.9 Å². The minimum atomic E-state index is -1.01. The summed E-state index contributed by atoms with van der Waals surface area (Å²) in [5.41, 5.74) is 7.91. The Morgan fingerprint density at radius 1 is 1.43 bits per heavy atom. The molecule has 5 nitrogen and oxygen atoms in total. The molecule has 1 unspecified atom stereocenters. The monoisotopic (exact) mass is 311 g/mol. The van der Waals surface area contributed by atoms with Crippen LogP contribution < -0.4 is 10.6 Å². The second-order valence-corrected chi connectivity index (χ2v) is 6.25. The van der Waals surface area contributed by atoms with Crippen LogP contribution in [0.5, 0.6) is 0 Å². The van der Waals surface area contributed by atoms with Crippen LogP contribution in [0.15, 0.2) is 43.0 Å². The van der Waals surface area contributed by atoms with Gasteiger partial charge in [-0.2, -0.15) is 0 Å². The number of allylic oxidation sites excluding steroid dienone is 1. The number of hydrogen-bond acceptors (Lipinski definition) is 4. The molecule has 1 aromatic heterocycles. The largest absolute Gasteiger partial charge is 0.477 e. The van der Waals surface area contributed by atoms with Gasteiger partial charge in [-0.05, 0) is 31.0 Å². The summed E-state index contributed by atoms with van der Waals surface area (Å²) in [4.78, 5) is 17.6. The van der Waals surface area contributed by atoms with Gasteiger partial charge in [0.1, 0.15) is 5.69 Å². The zero-order valence-corrected chi connectivity index (χ0v) is 13.0. The molecule has 1 saturated heterocycles. The highest BCUT2D eigenvalue weighted by molar-refractivity contribution is 5.90. The number of nitrogens with two attached hydrogens (primary N) is 1. The average molecular weight is 311 g/mol. The zero-order chi connectivity index (χ0) is 16.4. The van der Waals surface area contributed by atoms with Crippen LogP contribution in [0.4, 0.5) is 5.69 Å². The molecule has 120 valence electrons. The normalized spacial score (nSPS) is 20.8. The number of carbonyl (C=O) groups is 1. The quantitative estimate of drug-likeness (QED) is 0.830. The van der Waals surface area contributed by atoms with Crippen molar-refractivity contribution in [1.82, 2.24) is 4.98 Å². The summed E-state index contributed by atoms with van der Waals surface area (Å²) < 4.78 is 0. The molecule has 0 spiro atoms. The summed E-state index contributed by atoms with van der Waals surface area (Å²) in [6.07, 6.45) is 3.89. The van der Waals surface area contributed by atoms with Crippen LogP contribution in [-0.4, -0.2) is 35.7 Å². The van der Waals surface area contributed by atoms with E-state index in [9.17, 15) is 4.79 Å². The highest BCUT2D eigenvalue weighted by Gasteiger charge is 2.36. The van der Waals surface area contributed by atoms with Gasteiger partial charge in [-0.15, -0.1) is 6.58 Å². The van der Waals surface area contributed by atoms with Crippen LogP contribution in [0.1, 0.15) is 23.3 Å². The summed E-state index contributed by atoms with van der Waals surface area (Å²) in [5.74, 6) is -1.01. The number of carboxylic acids is 1. The molecule has 1 aromatic carbocycles. The van der Waals surface area contributed by atoms with Crippen molar-refractivity contribution in [3.63, 3.8) is 0 Å². The number of aromatic carboxylic acids is 1. The predicted molar refractivity (Wildman–Crippen MR) is 91.8 cm³/mol. The molecule has 0 amide bonds. The molecule has 23 heavy (non-hydrogen) atoms. The third kappa shape index (κ3) is 2.92. The third-order valence-corrected chi connectivity index (χ3v) is 4.71. The van der Waals surface area contributed by atoms with Crippen molar-refractivity contribution < 1.29 is 9.90 Å². The molecule has 0 saturated carbocycles. The maximum absolute atomic E-state index is 11.1. The van der Waals surface area contributed by atoms with Crippen molar-refractivity contribution in [2.24, 2.45) is 11.1 Å². The first-order valence-electron chi connectivity index (χ1n) is 7.77. The second kappa shape index (κ2) is 6.01. The Morgan fingerprint density at radius 2 is 2.22 bits per heavy atom. The van der Waals surface area contributed by atoms with Crippen LogP contribution in [0, 0.1) is 5.41 Å². The van der Waals surface area contributed by atoms with E-state index in [0.717, 1.165) is 37.0 Å². The molecule has 0 radical (unpaired) electrons. The summed E-state index contributed by atoms with van der Waals surface area (Å²) in [6.45, 7) is 6.31. The molecular weight excluding hydrogens is 290 g/mol. The van der Waals surface area contributed by atoms with Crippen molar-refractivity contribution >= 4 is 22.6 Å². The van der Waals surface area contributed by atoms with Crippen molar-refractivity contribution in [3.8, 4) is 0 Å². The highest BCUT2D eigenvalue weighted by atomic mass is 16.4. The van der Waals surface area contributed by atoms with Crippen molar-refractivity contribution in [2.45, 2.75) is 12.8 Å². The number of nitrogens with zero attached hydrogens (tertiary/aromatic N) is 2. The smallest absolute Gasteiger partial charge is 0.354 e. The highest BCUT2D eigenvalue weighted by Crippen LogP contribution is 2.36. The predicted octanol–water partition coefficient (Wildman–Crippen LogP) is 2.66. The first kappa shape index (κ1) is 15.5. The van der Waals surface area contributed by atoms with E-state index in [-0.39, 0.29) is 11.1 Å². The minimum Gasteiger partial charge on any atom is -0.477 e. The van der Waals surface area contributed by atoms with E-state index in [4.69, 9.17) is 10.8 Å². The first-order valence-corrected chi connectivity index (χ1v) is 7.77. The fourth-order valence-corrected chi connectivity index (χ4v) is 3.30. The summed E-state index contributed by atoms with van der Waals surface area (Å²) in [7, 11) is 0. The van der Waals surface area contributed by atoms with E-state index < -0.39 is 5.97 Å². The average Bonchev–Trinajstić information content (AvgIpc) is 2.99. The lowest BCUT2D eigenvalue weighted by molar-refractivity contribution is 0.0691. The fourth-order valence-electron chi connectivity index (χ4n) is 3.30. The SMILES string of the molecule is C=CCC1(CN)CCN(c2ccc3ccc(C(=O)O)nc3c2)C1. The van der Waals surface area contributed by atoms with E-state index in [1.807, 2.05) is 18.2 Å². The van der Waals surface area contributed by atoms with Crippen LogP contribution in [0.3, 0.4) is 0 Å². The van der Waals surface area contributed by atoms with Gasteiger partial charge in [0.15, 0.2) is 0 Å². The molecule has 3 rings (SSSR count). The number of benzene rings is 1. The van der Waals surface area contributed by atoms with Gasteiger partial charge < -0.3 is 15.7 Å². The maximum atomic E-state index is 11.1. The number of pyridine rings is 1. The Labute approximate surface area is 135 Å². The molecular formula is C18H21N3O2. The second-order valence-electron chi connectivity index (χ2n) is 6.25. The van der Waals surface area contributed by atoms with Gasteiger partial charge in [0.25, 0.3) is 0 Å². The number of fused-ring (bicyclic) bond motifs is 1. The van der Waals surface area contributed by atoms with E-state index in [1.54, 1.807) is 6.07 Å². The molecule has 0 aliphatic carbocycles.